The summed E-state index contributed by atoms with van der Waals surface area (Å²) >= 11 is 0. The van der Waals surface area contributed by atoms with Crippen molar-refractivity contribution in [2.24, 2.45) is 0 Å². The van der Waals surface area contributed by atoms with E-state index < -0.39 is 0 Å². The van der Waals surface area contributed by atoms with Crippen LogP contribution in [0.3, 0.4) is 0 Å². The van der Waals surface area contributed by atoms with E-state index >= 15 is 0 Å². The lowest BCUT2D eigenvalue weighted by atomic mass is 10.0. The molecular weight excluding hydrogens is 214 g/mol. The normalized spacial score (nSPS) is 10.5. The van der Waals surface area contributed by atoms with E-state index in [0.717, 1.165) is 29.1 Å². The van der Waals surface area contributed by atoms with Crippen molar-refractivity contribution in [1.29, 1.82) is 0 Å². The molecule has 0 atom stereocenters. The summed E-state index contributed by atoms with van der Waals surface area (Å²) in [6, 6.07) is 6.12. The van der Waals surface area contributed by atoms with Gasteiger partial charge in [-0.05, 0) is 26.1 Å². The Morgan fingerprint density at radius 2 is 2.24 bits per heavy atom. The van der Waals surface area contributed by atoms with Crippen LogP contribution in [0.2, 0.25) is 0 Å². The van der Waals surface area contributed by atoms with Crippen molar-refractivity contribution in [1.82, 2.24) is 15.5 Å². The highest BCUT2D eigenvalue weighted by Crippen LogP contribution is 2.31. The summed E-state index contributed by atoms with van der Waals surface area (Å²) < 4.78 is 5.39. The topological polar surface area (TPSA) is 49.9 Å². The molecular formula is C13H17N3O. The summed E-state index contributed by atoms with van der Waals surface area (Å²) in [7, 11) is 3.60. The van der Waals surface area contributed by atoms with Gasteiger partial charge in [0.2, 0.25) is 0 Å². The van der Waals surface area contributed by atoms with Gasteiger partial charge in [0.15, 0.2) is 0 Å². The van der Waals surface area contributed by atoms with Gasteiger partial charge in [0.1, 0.15) is 5.75 Å². The van der Waals surface area contributed by atoms with Crippen LogP contribution in [-0.2, 0) is 6.54 Å². The van der Waals surface area contributed by atoms with Crippen LogP contribution in [0.1, 0.15) is 11.1 Å². The quantitative estimate of drug-likeness (QED) is 0.847. The number of aromatic amines is 1. The molecule has 0 aliphatic heterocycles. The third kappa shape index (κ3) is 2.31. The number of rotatable bonds is 4. The molecule has 2 N–H and O–H groups in total. The zero-order valence-electron chi connectivity index (χ0n) is 10.4. The molecule has 0 fully saturated rings. The Labute approximate surface area is 101 Å². The molecule has 2 aromatic rings. The lowest BCUT2D eigenvalue weighted by Gasteiger charge is -2.09. The molecule has 4 nitrogen and oxygen atoms in total. The van der Waals surface area contributed by atoms with Crippen LogP contribution >= 0.6 is 0 Å². The van der Waals surface area contributed by atoms with E-state index in [1.54, 1.807) is 7.11 Å². The van der Waals surface area contributed by atoms with Crippen LogP contribution < -0.4 is 10.1 Å². The number of nitrogens with zero attached hydrogens (tertiary/aromatic N) is 1. The molecule has 0 unspecified atom stereocenters. The average Bonchev–Trinajstić information content (AvgIpc) is 2.77. The largest absolute Gasteiger partial charge is 0.496 e. The van der Waals surface area contributed by atoms with Gasteiger partial charge in [0.25, 0.3) is 0 Å². The average molecular weight is 231 g/mol. The van der Waals surface area contributed by atoms with Crippen molar-refractivity contribution in [3.63, 3.8) is 0 Å². The van der Waals surface area contributed by atoms with Crippen molar-refractivity contribution >= 4 is 0 Å². The maximum Gasteiger partial charge on any atom is 0.128 e. The van der Waals surface area contributed by atoms with E-state index in [1.807, 2.05) is 25.4 Å². The zero-order valence-corrected chi connectivity index (χ0v) is 10.4. The molecule has 0 radical (unpaired) electrons. The van der Waals surface area contributed by atoms with E-state index in [4.69, 9.17) is 4.74 Å². The van der Waals surface area contributed by atoms with Crippen LogP contribution in [0, 0.1) is 6.92 Å². The van der Waals surface area contributed by atoms with E-state index in [-0.39, 0.29) is 0 Å². The first-order chi connectivity index (χ1) is 8.26. The maximum atomic E-state index is 5.39. The second kappa shape index (κ2) is 5.01. The number of aromatic nitrogens is 2. The molecule has 2 rings (SSSR count). The number of hydrogen-bond acceptors (Lipinski definition) is 3. The Morgan fingerprint density at radius 3 is 2.94 bits per heavy atom. The highest BCUT2D eigenvalue weighted by molar-refractivity contribution is 5.70. The molecule has 1 heterocycles. The van der Waals surface area contributed by atoms with Crippen molar-refractivity contribution in [3.05, 3.63) is 35.5 Å². The molecule has 4 heteroatoms. The minimum Gasteiger partial charge on any atom is -0.496 e. The summed E-state index contributed by atoms with van der Waals surface area (Å²) in [6.07, 6.45) is 1.84. The van der Waals surface area contributed by atoms with Crippen molar-refractivity contribution in [3.8, 4) is 17.0 Å². The van der Waals surface area contributed by atoms with Crippen molar-refractivity contribution < 1.29 is 4.74 Å². The second-order valence-corrected chi connectivity index (χ2v) is 4.00. The maximum absolute atomic E-state index is 5.39. The fraction of sp³-hybridized carbons (Fsp3) is 0.308. The van der Waals surface area contributed by atoms with Gasteiger partial charge in [-0.15, -0.1) is 0 Å². The number of nitrogens with one attached hydrogen (secondary N) is 2. The van der Waals surface area contributed by atoms with Gasteiger partial charge in [0, 0.05) is 17.7 Å². The van der Waals surface area contributed by atoms with E-state index in [9.17, 15) is 0 Å². The highest BCUT2D eigenvalue weighted by Gasteiger charge is 2.12. The smallest absolute Gasteiger partial charge is 0.128 e. The van der Waals surface area contributed by atoms with Crippen LogP contribution in [-0.4, -0.2) is 24.4 Å². The van der Waals surface area contributed by atoms with Crippen LogP contribution in [0.4, 0.5) is 0 Å². The number of ether oxygens (including phenoxy) is 1. The van der Waals surface area contributed by atoms with Gasteiger partial charge < -0.3 is 10.1 Å². The van der Waals surface area contributed by atoms with Crippen LogP contribution in [0.5, 0.6) is 5.75 Å². The summed E-state index contributed by atoms with van der Waals surface area (Å²) in [5.41, 5.74) is 4.40. The molecule has 0 saturated heterocycles. The molecule has 90 valence electrons. The molecule has 17 heavy (non-hydrogen) atoms. The zero-order chi connectivity index (χ0) is 12.3. The first kappa shape index (κ1) is 11.7. The van der Waals surface area contributed by atoms with Crippen LogP contribution in [0.25, 0.3) is 11.3 Å². The van der Waals surface area contributed by atoms with E-state index in [2.05, 4.69) is 28.5 Å². The minimum absolute atomic E-state index is 0.781. The number of benzene rings is 1. The minimum atomic E-state index is 0.781. The van der Waals surface area contributed by atoms with Gasteiger partial charge in [-0.1, -0.05) is 11.6 Å². The van der Waals surface area contributed by atoms with Crippen LogP contribution in [0.15, 0.2) is 24.4 Å². The van der Waals surface area contributed by atoms with Gasteiger partial charge >= 0.3 is 0 Å². The fourth-order valence-corrected chi connectivity index (χ4v) is 1.89. The Kier molecular flexibility index (Phi) is 3.44. The lowest BCUT2D eigenvalue weighted by molar-refractivity contribution is 0.416. The Hall–Kier alpha value is -1.81. The summed E-state index contributed by atoms with van der Waals surface area (Å²) in [5, 5.41) is 10.3. The van der Waals surface area contributed by atoms with Gasteiger partial charge in [0.05, 0.1) is 19.0 Å². The number of aryl methyl sites for hydroxylation is 1. The summed E-state index contributed by atoms with van der Waals surface area (Å²) in [4.78, 5) is 0. The first-order valence-corrected chi connectivity index (χ1v) is 5.58. The summed E-state index contributed by atoms with van der Waals surface area (Å²) in [6.45, 7) is 2.85. The molecule has 0 aliphatic rings. The van der Waals surface area contributed by atoms with Gasteiger partial charge in [-0.3, -0.25) is 5.10 Å². The number of H-pyrrole nitrogens is 1. The van der Waals surface area contributed by atoms with Gasteiger partial charge in [-0.25, -0.2) is 0 Å². The van der Waals surface area contributed by atoms with E-state index in [1.165, 1.54) is 5.56 Å². The molecule has 0 amide bonds. The Balaban J connectivity index is 2.51. The number of hydrogen-bond donors (Lipinski definition) is 2. The summed E-state index contributed by atoms with van der Waals surface area (Å²) in [5.74, 6) is 0.859. The van der Waals surface area contributed by atoms with Crippen molar-refractivity contribution in [2.45, 2.75) is 13.5 Å². The SMILES string of the molecule is CNCc1cn[nH]c1-c1cc(C)ccc1OC. The third-order valence-corrected chi connectivity index (χ3v) is 2.71. The fourth-order valence-electron chi connectivity index (χ4n) is 1.89. The van der Waals surface area contributed by atoms with Gasteiger partial charge in [-0.2, -0.15) is 5.10 Å². The molecule has 1 aromatic heterocycles. The highest BCUT2D eigenvalue weighted by atomic mass is 16.5. The van der Waals surface area contributed by atoms with E-state index in [0.29, 0.717) is 0 Å². The molecule has 0 bridgehead atoms. The standard InChI is InChI=1S/C13H17N3O/c1-9-4-5-12(17-3)11(6-9)13-10(7-14-2)8-15-16-13/h4-6,8,14H,7H2,1-3H3,(H,15,16). The predicted molar refractivity (Wildman–Crippen MR) is 68.1 cm³/mol. The molecule has 0 aliphatic carbocycles. The first-order valence-electron chi connectivity index (χ1n) is 5.58. The monoisotopic (exact) mass is 231 g/mol. The molecule has 0 spiro atoms. The molecule has 1 aromatic carbocycles. The third-order valence-electron chi connectivity index (χ3n) is 2.71. The predicted octanol–water partition coefficient (Wildman–Crippen LogP) is 2.11. The molecule has 0 saturated carbocycles. The Bertz CT molecular complexity index is 505. The Morgan fingerprint density at radius 1 is 1.41 bits per heavy atom. The second-order valence-electron chi connectivity index (χ2n) is 4.00. The van der Waals surface area contributed by atoms with Crippen molar-refractivity contribution in [2.75, 3.05) is 14.2 Å². The number of methoxy groups -OCH3 is 1. The lowest BCUT2D eigenvalue weighted by Crippen LogP contribution is -2.05.